The van der Waals surface area contributed by atoms with E-state index < -0.39 is 11.7 Å². The van der Waals surface area contributed by atoms with Gasteiger partial charge in [0, 0.05) is 20.6 Å². The minimum atomic E-state index is -0.731. The van der Waals surface area contributed by atoms with Gasteiger partial charge in [0.25, 0.3) is 0 Å². The Morgan fingerprint density at radius 3 is 2.30 bits per heavy atom. The van der Waals surface area contributed by atoms with Gasteiger partial charge in [-0.3, -0.25) is 0 Å². The molecule has 228 valence electrons. The lowest BCUT2D eigenvalue weighted by molar-refractivity contribution is 0.109. The van der Waals surface area contributed by atoms with Crippen LogP contribution < -0.4 is 0 Å². The van der Waals surface area contributed by atoms with Gasteiger partial charge in [-0.05, 0) is 52.9 Å². The molecule has 0 bridgehead atoms. The number of halogens is 4. The topological polar surface area (TPSA) is 94.2 Å². The minimum Gasteiger partial charge on any atom is -0.386 e. The van der Waals surface area contributed by atoms with Gasteiger partial charge in [-0.15, -0.1) is 0 Å². The van der Waals surface area contributed by atoms with E-state index in [0.717, 1.165) is 16.7 Å². The van der Waals surface area contributed by atoms with Crippen molar-refractivity contribution in [2.45, 2.75) is 45.1 Å². The molecule has 0 spiro atoms. The molecule has 0 aliphatic carbocycles. The van der Waals surface area contributed by atoms with E-state index in [1.54, 1.807) is 58.4 Å². The second-order valence-corrected chi connectivity index (χ2v) is 12.6. The Kier molecular flexibility index (Phi) is 9.53. The predicted octanol–water partition coefficient (Wildman–Crippen LogP) is 7.73. The quantitative estimate of drug-likeness (QED) is 0.180. The fraction of sp³-hybridized carbons (Fsp3) is 0.250. The van der Waals surface area contributed by atoms with Crippen LogP contribution in [0.5, 0.6) is 0 Å². The number of epoxide rings is 1. The first-order chi connectivity index (χ1) is 21.0. The lowest BCUT2D eigenvalue weighted by Crippen LogP contribution is -2.29. The average Bonchev–Trinajstić information content (AvgIpc) is 3.32. The van der Waals surface area contributed by atoms with Crippen molar-refractivity contribution in [3.63, 3.8) is 0 Å². The summed E-state index contributed by atoms with van der Waals surface area (Å²) in [6.45, 7) is 6.33. The van der Waals surface area contributed by atoms with Crippen LogP contribution in [-0.2, 0) is 16.9 Å². The van der Waals surface area contributed by atoms with E-state index in [9.17, 15) is 9.50 Å². The van der Waals surface area contributed by atoms with Crippen LogP contribution in [0.1, 0.15) is 43.6 Å². The first kappa shape index (κ1) is 31.8. The highest BCUT2D eigenvalue weighted by molar-refractivity contribution is 6.35. The number of aliphatic hydroxyl groups is 1. The summed E-state index contributed by atoms with van der Waals surface area (Å²) < 4.78 is 22.6. The van der Waals surface area contributed by atoms with Crippen molar-refractivity contribution >= 4 is 46.6 Å². The van der Waals surface area contributed by atoms with E-state index in [2.05, 4.69) is 20.2 Å². The first-order valence-electron chi connectivity index (χ1n) is 13.7. The maximum Gasteiger partial charge on any atom is 0.144 e. The number of hydrogen-bond donors (Lipinski definition) is 1. The fourth-order valence-corrected chi connectivity index (χ4v) is 5.43. The van der Waals surface area contributed by atoms with Gasteiger partial charge < -0.3 is 9.84 Å². The zero-order valence-electron chi connectivity index (χ0n) is 24.2. The largest absolute Gasteiger partial charge is 0.386 e. The molecule has 6 rings (SSSR count). The highest BCUT2D eigenvalue weighted by Crippen LogP contribution is 2.59. The second kappa shape index (κ2) is 13.2. The molecule has 1 N–H and O–H groups in total. The number of hydrogen-bond acceptors (Lipinski definition) is 6. The summed E-state index contributed by atoms with van der Waals surface area (Å²) >= 11 is 18.4. The Bertz CT molecular complexity index is 1720. The van der Waals surface area contributed by atoms with Gasteiger partial charge in [-0.1, -0.05) is 92.0 Å². The lowest BCUT2D eigenvalue weighted by atomic mass is 9.86. The highest BCUT2D eigenvalue weighted by Gasteiger charge is 2.59. The van der Waals surface area contributed by atoms with Crippen LogP contribution in [0.25, 0.3) is 11.8 Å². The van der Waals surface area contributed by atoms with Crippen molar-refractivity contribution in [2.24, 2.45) is 5.41 Å². The van der Waals surface area contributed by atoms with Crippen LogP contribution >= 0.6 is 34.8 Å². The summed E-state index contributed by atoms with van der Waals surface area (Å²) in [6, 6.07) is 19.2. The van der Waals surface area contributed by atoms with Gasteiger partial charge in [0.15, 0.2) is 0 Å². The minimum absolute atomic E-state index is 0.203. The van der Waals surface area contributed by atoms with E-state index in [0.29, 0.717) is 27.3 Å². The molecule has 3 heterocycles. The van der Waals surface area contributed by atoms with Crippen LogP contribution in [0, 0.1) is 11.2 Å². The molecule has 2 aromatic heterocycles. The molecule has 1 fully saturated rings. The molecule has 1 saturated heterocycles. The van der Waals surface area contributed by atoms with Gasteiger partial charge >= 0.3 is 0 Å². The SMILES string of the molecule is CC(C)(C)C(O)/C(=C\c1ccc(Cl)cc1Cl)n1cncn1.Fc1ccc(C2(Cn3cncn3)OC2c2ccccc2Cl)cc1. The predicted molar refractivity (Wildman–Crippen MR) is 169 cm³/mol. The lowest BCUT2D eigenvalue weighted by Gasteiger charge is -2.28. The van der Waals surface area contributed by atoms with Crippen LogP contribution in [0.15, 0.2) is 92.0 Å². The van der Waals surface area contributed by atoms with E-state index in [1.165, 1.54) is 24.8 Å². The normalized spacial score (nSPS) is 18.8. The molecule has 0 saturated carbocycles. The highest BCUT2D eigenvalue weighted by atomic mass is 35.5. The Morgan fingerprint density at radius 1 is 0.977 bits per heavy atom. The fourth-order valence-electron chi connectivity index (χ4n) is 4.73. The third-order valence-electron chi connectivity index (χ3n) is 7.13. The van der Waals surface area contributed by atoms with Crippen molar-refractivity contribution in [1.29, 1.82) is 0 Å². The molecule has 0 amide bonds. The van der Waals surface area contributed by atoms with Gasteiger partial charge in [0.1, 0.15) is 48.9 Å². The van der Waals surface area contributed by atoms with Crippen LogP contribution in [0.4, 0.5) is 4.39 Å². The van der Waals surface area contributed by atoms with Crippen molar-refractivity contribution in [3.05, 3.63) is 130 Å². The zero-order valence-corrected chi connectivity index (χ0v) is 26.4. The third kappa shape index (κ3) is 7.20. The van der Waals surface area contributed by atoms with Gasteiger partial charge in [0.05, 0.1) is 12.2 Å². The van der Waals surface area contributed by atoms with E-state index >= 15 is 0 Å². The molecule has 3 unspecified atom stereocenters. The van der Waals surface area contributed by atoms with Crippen molar-refractivity contribution in [1.82, 2.24) is 29.5 Å². The molecule has 0 radical (unpaired) electrons. The van der Waals surface area contributed by atoms with E-state index in [-0.39, 0.29) is 17.3 Å². The summed E-state index contributed by atoms with van der Waals surface area (Å²) in [5.74, 6) is -0.278. The molecule has 8 nitrogen and oxygen atoms in total. The summed E-state index contributed by atoms with van der Waals surface area (Å²) in [5, 5.41) is 20.6. The molecule has 1 aliphatic rings. The van der Waals surface area contributed by atoms with Crippen LogP contribution in [0.3, 0.4) is 0 Å². The number of aromatic nitrogens is 6. The van der Waals surface area contributed by atoms with Gasteiger partial charge in [-0.2, -0.15) is 10.2 Å². The monoisotopic (exact) mass is 654 g/mol. The maximum atomic E-state index is 13.3. The smallest absolute Gasteiger partial charge is 0.144 e. The molecule has 12 heteroatoms. The second-order valence-electron chi connectivity index (χ2n) is 11.4. The number of nitrogens with zero attached hydrogens (tertiary/aromatic N) is 6. The Labute approximate surface area is 269 Å². The number of rotatable bonds is 7. The van der Waals surface area contributed by atoms with Gasteiger partial charge in [0.2, 0.25) is 0 Å². The average molecular weight is 656 g/mol. The zero-order chi connectivity index (χ0) is 31.5. The molecule has 3 aromatic carbocycles. The summed E-state index contributed by atoms with van der Waals surface area (Å²) in [4.78, 5) is 7.90. The molecular weight excluding hydrogens is 626 g/mol. The maximum absolute atomic E-state index is 13.3. The molecule has 5 aromatic rings. The van der Waals surface area contributed by atoms with Gasteiger partial charge in [-0.25, -0.2) is 23.7 Å². The van der Waals surface area contributed by atoms with Crippen molar-refractivity contribution in [2.75, 3.05) is 0 Å². The molecule has 3 atom stereocenters. The molecule has 44 heavy (non-hydrogen) atoms. The standard InChI is InChI=1S/C17H13ClFN3O.C15H17Cl2N3O/c18-15-4-2-1-3-14(15)16-17(23-16,9-22-11-20-10-21-22)12-5-7-13(19)8-6-12;1-15(2,3)14(21)13(20-9-18-8-19-20)6-10-4-5-11(16)7-12(10)17/h1-8,10-11,16H,9H2;4-9,14,21H,1-3H3/b;13-6+. The van der Waals surface area contributed by atoms with Crippen molar-refractivity contribution < 1.29 is 14.2 Å². The van der Waals surface area contributed by atoms with E-state index in [4.69, 9.17) is 39.5 Å². The number of benzene rings is 3. The molecular formula is C32H30Cl3FN6O2. The van der Waals surface area contributed by atoms with Crippen LogP contribution in [0.2, 0.25) is 15.1 Å². The third-order valence-corrected chi connectivity index (χ3v) is 8.03. The first-order valence-corrected chi connectivity index (χ1v) is 14.8. The van der Waals surface area contributed by atoms with Crippen molar-refractivity contribution in [3.8, 4) is 0 Å². The summed E-state index contributed by atoms with van der Waals surface area (Å²) in [7, 11) is 0. The van der Waals surface area contributed by atoms with E-state index in [1.807, 2.05) is 45.0 Å². The molecule has 1 aliphatic heterocycles. The number of ether oxygens (including phenoxy) is 1. The summed E-state index contributed by atoms with van der Waals surface area (Å²) in [6.07, 6.45) is 6.94. The summed E-state index contributed by atoms with van der Waals surface area (Å²) in [5.41, 5.74) is 2.19. The van der Waals surface area contributed by atoms with Crippen LogP contribution in [-0.4, -0.2) is 40.7 Å². The Balaban J connectivity index is 0.000000176. The Hall–Kier alpha value is -3.60. The number of aliphatic hydroxyl groups excluding tert-OH is 1. The Morgan fingerprint density at radius 2 is 1.68 bits per heavy atom.